The highest BCUT2D eigenvalue weighted by molar-refractivity contribution is 7.16. The fourth-order valence-corrected chi connectivity index (χ4v) is 3.91. The van der Waals surface area contributed by atoms with Gasteiger partial charge >= 0.3 is 0 Å². The van der Waals surface area contributed by atoms with Crippen LogP contribution in [-0.2, 0) is 6.54 Å². The summed E-state index contributed by atoms with van der Waals surface area (Å²) in [4.78, 5) is 12.3. The number of thiophene rings is 1. The van der Waals surface area contributed by atoms with Crippen LogP contribution in [0.3, 0.4) is 0 Å². The Morgan fingerprint density at radius 2 is 1.70 bits per heavy atom. The predicted octanol–water partition coefficient (Wildman–Crippen LogP) is 5.82. The molecule has 0 amide bonds. The van der Waals surface area contributed by atoms with Gasteiger partial charge in [-0.3, -0.25) is 4.90 Å². The van der Waals surface area contributed by atoms with Crippen molar-refractivity contribution in [2.75, 3.05) is 18.4 Å². The second kappa shape index (κ2) is 11.7. The van der Waals surface area contributed by atoms with Gasteiger partial charge in [0, 0.05) is 25.7 Å². The third-order valence-electron chi connectivity index (χ3n) is 4.44. The number of anilines is 1. The van der Waals surface area contributed by atoms with Gasteiger partial charge in [-0.05, 0) is 29.9 Å². The van der Waals surface area contributed by atoms with Gasteiger partial charge in [0.25, 0.3) is 0 Å². The topological polar surface area (TPSA) is 41.0 Å². The molecule has 3 heterocycles. The summed E-state index contributed by atoms with van der Waals surface area (Å²) in [5, 5.41) is 6.84. The van der Waals surface area contributed by atoms with Crippen LogP contribution in [0.1, 0.15) is 46.1 Å². The molecule has 2 aromatic heterocycles. The quantitative estimate of drug-likeness (QED) is 0.615. The van der Waals surface area contributed by atoms with Crippen LogP contribution in [0.5, 0.6) is 0 Å². The van der Waals surface area contributed by atoms with Crippen LogP contribution in [-0.4, -0.2) is 34.0 Å². The van der Waals surface area contributed by atoms with Crippen molar-refractivity contribution in [1.82, 2.24) is 14.9 Å². The number of nitrogens with one attached hydrogen (secondary N) is 1. The number of nitrogens with zero attached hydrogens (tertiary/aromatic N) is 3. The summed E-state index contributed by atoms with van der Waals surface area (Å²) in [6, 6.07) is 13.3. The molecule has 0 spiro atoms. The minimum absolute atomic E-state index is 0.500. The Labute approximate surface area is 167 Å². The second-order valence-electron chi connectivity index (χ2n) is 6.04. The Morgan fingerprint density at radius 3 is 2.41 bits per heavy atom. The third kappa shape index (κ3) is 6.01. The summed E-state index contributed by atoms with van der Waals surface area (Å²) >= 11 is 1.67. The van der Waals surface area contributed by atoms with Crippen LogP contribution in [0.2, 0.25) is 0 Å². The fraction of sp³-hybridized carbons (Fsp3) is 0.455. The average Bonchev–Trinajstić information content (AvgIpc) is 3.23. The molecule has 1 N–H and O–H groups in total. The molecule has 1 aliphatic heterocycles. The van der Waals surface area contributed by atoms with E-state index in [9.17, 15) is 0 Å². The van der Waals surface area contributed by atoms with Crippen molar-refractivity contribution in [3.8, 4) is 0 Å². The number of fused-ring (bicyclic) bond motifs is 1. The first-order valence-electron chi connectivity index (χ1n) is 10.1. The van der Waals surface area contributed by atoms with Gasteiger partial charge in [-0.15, -0.1) is 11.3 Å². The van der Waals surface area contributed by atoms with E-state index in [-0.39, 0.29) is 0 Å². The van der Waals surface area contributed by atoms with Gasteiger partial charge in [0.05, 0.1) is 5.39 Å². The maximum Gasteiger partial charge on any atom is 0.138 e. The molecule has 1 saturated heterocycles. The van der Waals surface area contributed by atoms with Crippen LogP contribution in [0.25, 0.3) is 10.2 Å². The Bertz CT molecular complexity index is 764. The number of hydrogen-bond donors (Lipinski definition) is 1. The number of benzene rings is 1. The molecule has 5 heteroatoms. The molecular weight excluding hydrogens is 352 g/mol. The molecule has 0 aliphatic carbocycles. The first-order valence-corrected chi connectivity index (χ1v) is 11.0. The van der Waals surface area contributed by atoms with Gasteiger partial charge in [-0.1, -0.05) is 58.0 Å². The lowest BCUT2D eigenvalue weighted by Crippen LogP contribution is -2.38. The van der Waals surface area contributed by atoms with E-state index in [0.717, 1.165) is 48.5 Å². The molecule has 146 valence electrons. The van der Waals surface area contributed by atoms with Crippen molar-refractivity contribution < 1.29 is 0 Å². The van der Waals surface area contributed by atoms with Gasteiger partial charge in [-0.2, -0.15) is 0 Å². The second-order valence-corrected chi connectivity index (χ2v) is 6.94. The van der Waals surface area contributed by atoms with Crippen LogP contribution in [0.4, 0.5) is 5.82 Å². The van der Waals surface area contributed by atoms with Gasteiger partial charge in [0.2, 0.25) is 0 Å². The number of piperidine rings is 1. The van der Waals surface area contributed by atoms with Crippen molar-refractivity contribution in [2.24, 2.45) is 0 Å². The molecule has 27 heavy (non-hydrogen) atoms. The standard InChI is InChI=1S/C18H20N4S.2C2H6/c1-2-4-14(5-3-1)12-22-9-6-15(7-10-22)21-17-16-8-11-23-18(16)20-13-19-17;2*1-2/h1-5,8,11,13,15H,6-7,9-10,12H2,(H,19,20,21);2*1-2H3. The van der Waals surface area contributed by atoms with E-state index in [4.69, 9.17) is 0 Å². The summed E-state index contributed by atoms with van der Waals surface area (Å²) in [5.74, 6) is 0.984. The number of hydrogen-bond acceptors (Lipinski definition) is 5. The monoisotopic (exact) mass is 384 g/mol. The summed E-state index contributed by atoms with van der Waals surface area (Å²) in [7, 11) is 0. The lowest BCUT2D eigenvalue weighted by Gasteiger charge is -2.32. The van der Waals surface area contributed by atoms with Crippen LogP contribution < -0.4 is 5.32 Å². The third-order valence-corrected chi connectivity index (χ3v) is 5.26. The van der Waals surface area contributed by atoms with E-state index in [2.05, 4.69) is 62.0 Å². The molecule has 1 aromatic carbocycles. The minimum atomic E-state index is 0.500. The Kier molecular flexibility index (Phi) is 9.22. The number of likely N-dealkylation sites (tertiary alicyclic amines) is 1. The Morgan fingerprint density at radius 1 is 1.00 bits per heavy atom. The van der Waals surface area contributed by atoms with Gasteiger partial charge in [0.15, 0.2) is 0 Å². The molecule has 0 saturated carbocycles. The van der Waals surface area contributed by atoms with Gasteiger partial charge < -0.3 is 5.32 Å². The van der Waals surface area contributed by atoms with E-state index in [0.29, 0.717) is 6.04 Å². The molecule has 3 aromatic rings. The smallest absolute Gasteiger partial charge is 0.138 e. The zero-order valence-electron chi connectivity index (χ0n) is 17.0. The number of rotatable bonds is 4. The lowest BCUT2D eigenvalue weighted by atomic mass is 10.0. The zero-order chi connectivity index (χ0) is 19.5. The Hall–Kier alpha value is -1.98. The SMILES string of the molecule is CC.CC.c1ccc(CN2CCC(Nc3ncnc4sccc34)CC2)cc1. The van der Waals surface area contributed by atoms with E-state index in [1.807, 2.05) is 27.7 Å². The van der Waals surface area contributed by atoms with Crippen LogP contribution in [0.15, 0.2) is 48.1 Å². The molecule has 0 unspecified atom stereocenters. The highest BCUT2D eigenvalue weighted by Crippen LogP contribution is 2.26. The first kappa shape index (κ1) is 21.3. The molecule has 0 radical (unpaired) electrons. The summed E-state index contributed by atoms with van der Waals surface area (Å²) in [6.07, 6.45) is 3.97. The molecule has 1 aliphatic rings. The van der Waals surface area contributed by atoms with E-state index >= 15 is 0 Å². The van der Waals surface area contributed by atoms with Crippen molar-refractivity contribution in [2.45, 2.75) is 53.1 Å². The summed E-state index contributed by atoms with van der Waals surface area (Å²) in [5.41, 5.74) is 1.40. The minimum Gasteiger partial charge on any atom is -0.367 e. The highest BCUT2D eigenvalue weighted by atomic mass is 32.1. The lowest BCUT2D eigenvalue weighted by molar-refractivity contribution is 0.211. The molecule has 4 nitrogen and oxygen atoms in total. The first-order chi connectivity index (χ1) is 13.4. The van der Waals surface area contributed by atoms with E-state index in [1.165, 1.54) is 5.56 Å². The largest absolute Gasteiger partial charge is 0.367 e. The summed E-state index contributed by atoms with van der Waals surface area (Å²) < 4.78 is 0. The van der Waals surface area contributed by atoms with Crippen LogP contribution >= 0.6 is 11.3 Å². The van der Waals surface area contributed by atoms with Crippen molar-refractivity contribution in [3.63, 3.8) is 0 Å². The average molecular weight is 385 g/mol. The maximum atomic E-state index is 4.43. The normalized spacial score (nSPS) is 14.7. The highest BCUT2D eigenvalue weighted by Gasteiger charge is 2.20. The van der Waals surface area contributed by atoms with E-state index in [1.54, 1.807) is 17.7 Å². The van der Waals surface area contributed by atoms with E-state index < -0.39 is 0 Å². The van der Waals surface area contributed by atoms with Gasteiger partial charge in [0.1, 0.15) is 17.0 Å². The number of aromatic nitrogens is 2. The van der Waals surface area contributed by atoms with Crippen molar-refractivity contribution in [1.29, 1.82) is 0 Å². The molecule has 1 fully saturated rings. The zero-order valence-corrected chi connectivity index (χ0v) is 17.8. The molecular formula is C22H32N4S. The van der Waals surface area contributed by atoms with Crippen molar-refractivity contribution in [3.05, 3.63) is 53.7 Å². The molecule has 0 bridgehead atoms. The molecule has 0 atom stereocenters. The summed E-state index contributed by atoms with van der Waals surface area (Å²) in [6.45, 7) is 11.3. The van der Waals surface area contributed by atoms with Crippen LogP contribution in [0, 0.1) is 0 Å². The van der Waals surface area contributed by atoms with Crippen molar-refractivity contribution >= 4 is 27.4 Å². The molecule has 4 rings (SSSR count). The van der Waals surface area contributed by atoms with Gasteiger partial charge in [-0.25, -0.2) is 9.97 Å². The Balaban J connectivity index is 0.000000614. The predicted molar refractivity (Wildman–Crippen MR) is 118 cm³/mol. The fourth-order valence-electron chi connectivity index (χ4n) is 3.18. The maximum absolute atomic E-state index is 4.43.